The van der Waals surface area contributed by atoms with Gasteiger partial charge in [0.25, 0.3) is 0 Å². The van der Waals surface area contributed by atoms with Gasteiger partial charge in [0.2, 0.25) is 5.91 Å². The predicted molar refractivity (Wildman–Crippen MR) is 117 cm³/mol. The van der Waals surface area contributed by atoms with Crippen molar-refractivity contribution in [3.05, 3.63) is 59.1 Å². The molecule has 1 aliphatic heterocycles. The number of nitrogens with zero attached hydrogens (tertiary/aromatic N) is 2. The van der Waals surface area contributed by atoms with Crippen LogP contribution in [0.15, 0.2) is 58.3 Å². The molecule has 2 heterocycles. The number of aromatic nitrogens is 2. The van der Waals surface area contributed by atoms with Crippen LogP contribution in [-0.2, 0) is 20.2 Å². The number of aromatic amines is 1. The summed E-state index contributed by atoms with van der Waals surface area (Å²) in [5.41, 5.74) is -0.483. The average molecular weight is 492 g/mol. The Morgan fingerprint density at radius 3 is 2.57 bits per heavy atom. The third kappa shape index (κ3) is 4.28. The molecule has 0 bridgehead atoms. The number of amides is 1. The second kappa shape index (κ2) is 8.13. The van der Waals surface area contributed by atoms with Gasteiger partial charge in [0.15, 0.2) is 9.84 Å². The summed E-state index contributed by atoms with van der Waals surface area (Å²) >= 11 is 3.41. The predicted octanol–water partition coefficient (Wildman–Crippen LogP) is 3.00. The number of rotatable bonds is 5. The molecule has 0 spiro atoms. The van der Waals surface area contributed by atoms with Crippen LogP contribution in [0.25, 0.3) is 10.8 Å². The molecule has 9 heteroatoms. The maximum atomic E-state index is 12.8. The van der Waals surface area contributed by atoms with Gasteiger partial charge < -0.3 is 15.0 Å². The molecule has 1 aliphatic rings. The Bertz CT molecular complexity index is 1170. The molecule has 2 aromatic carbocycles. The first kappa shape index (κ1) is 21.0. The number of halogens is 1. The second-order valence-electron chi connectivity index (χ2n) is 7.59. The lowest BCUT2D eigenvalue weighted by atomic mass is 9.88. The van der Waals surface area contributed by atoms with E-state index in [1.54, 1.807) is 29.3 Å². The van der Waals surface area contributed by atoms with Crippen LogP contribution in [0, 0.1) is 0 Å². The van der Waals surface area contributed by atoms with Crippen molar-refractivity contribution in [3.8, 4) is 0 Å². The molecule has 1 fully saturated rings. The standard InChI is InChI=1S/C21H22BrN3O4S/c22-17-3-1-16-12-18(4-2-15(16)11-17)30(28,29)10-5-20(26)25-8-6-21(27,7-9-25)19-13-23-14-24-19/h1-4,11-14,27H,5-10H2,(H,23,24). The molecule has 0 saturated carbocycles. The van der Waals surface area contributed by atoms with Gasteiger partial charge in [-0.1, -0.05) is 28.1 Å². The summed E-state index contributed by atoms with van der Waals surface area (Å²) in [4.78, 5) is 21.4. The quantitative estimate of drug-likeness (QED) is 0.570. The number of likely N-dealkylation sites (tertiary alicyclic amines) is 1. The van der Waals surface area contributed by atoms with Crippen molar-refractivity contribution in [1.29, 1.82) is 0 Å². The van der Waals surface area contributed by atoms with Crippen LogP contribution in [0.1, 0.15) is 25.0 Å². The SMILES string of the molecule is O=C(CCS(=O)(=O)c1ccc2cc(Br)ccc2c1)N1CCC(O)(c2c[nH]cn2)CC1. The summed E-state index contributed by atoms with van der Waals surface area (Å²) in [5, 5.41) is 12.5. The summed E-state index contributed by atoms with van der Waals surface area (Å²) in [6, 6.07) is 10.7. The Kier molecular flexibility index (Phi) is 5.69. The van der Waals surface area contributed by atoms with E-state index in [4.69, 9.17) is 0 Å². The van der Waals surface area contributed by atoms with E-state index >= 15 is 0 Å². The van der Waals surface area contributed by atoms with Crippen molar-refractivity contribution < 1.29 is 18.3 Å². The van der Waals surface area contributed by atoms with Crippen LogP contribution in [0.3, 0.4) is 0 Å². The van der Waals surface area contributed by atoms with E-state index in [0.717, 1.165) is 15.2 Å². The minimum absolute atomic E-state index is 0.0818. The molecule has 0 aliphatic carbocycles. The molecule has 7 nitrogen and oxygen atoms in total. The van der Waals surface area contributed by atoms with Gasteiger partial charge in [0.05, 0.1) is 22.7 Å². The number of hydrogen-bond donors (Lipinski definition) is 2. The van der Waals surface area contributed by atoms with Crippen molar-refractivity contribution in [2.24, 2.45) is 0 Å². The summed E-state index contributed by atoms with van der Waals surface area (Å²) in [7, 11) is -3.58. The van der Waals surface area contributed by atoms with Crippen molar-refractivity contribution in [1.82, 2.24) is 14.9 Å². The maximum Gasteiger partial charge on any atom is 0.223 e. The van der Waals surface area contributed by atoms with Gasteiger partial charge in [-0.3, -0.25) is 4.79 Å². The molecule has 3 aromatic rings. The largest absolute Gasteiger partial charge is 0.383 e. The van der Waals surface area contributed by atoms with E-state index in [-0.39, 0.29) is 23.0 Å². The number of imidazole rings is 1. The Labute approximate surface area is 183 Å². The lowest BCUT2D eigenvalue weighted by Crippen LogP contribution is -2.45. The van der Waals surface area contributed by atoms with Crippen LogP contribution in [0.4, 0.5) is 0 Å². The number of carbonyl (C=O) groups excluding carboxylic acids is 1. The van der Waals surface area contributed by atoms with Crippen LogP contribution < -0.4 is 0 Å². The number of piperidine rings is 1. The zero-order valence-electron chi connectivity index (χ0n) is 16.2. The molecule has 1 aromatic heterocycles. The molecule has 30 heavy (non-hydrogen) atoms. The topological polar surface area (TPSA) is 103 Å². The first-order valence-corrected chi connectivity index (χ1v) is 12.1. The van der Waals surface area contributed by atoms with E-state index in [0.29, 0.717) is 31.6 Å². The van der Waals surface area contributed by atoms with Crippen LogP contribution in [0.2, 0.25) is 0 Å². The third-order valence-corrected chi connectivity index (χ3v) is 7.84. The van der Waals surface area contributed by atoms with Gasteiger partial charge in [-0.2, -0.15) is 0 Å². The molecule has 4 rings (SSSR count). The fraction of sp³-hybridized carbons (Fsp3) is 0.333. The summed E-state index contributed by atoms with van der Waals surface area (Å²) in [6.07, 6.45) is 3.84. The van der Waals surface area contributed by atoms with Crippen LogP contribution in [-0.4, -0.2) is 53.1 Å². The van der Waals surface area contributed by atoms with Gasteiger partial charge in [-0.15, -0.1) is 0 Å². The zero-order chi connectivity index (χ0) is 21.4. The number of benzene rings is 2. The Morgan fingerprint density at radius 1 is 1.17 bits per heavy atom. The van der Waals surface area contributed by atoms with Crippen molar-refractivity contribution in [3.63, 3.8) is 0 Å². The van der Waals surface area contributed by atoms with E-state index in [1.807, 2.05) is 18.2 Å². The van der Waals surface area contributed by atoms with Crippen molar-refractivity contribution in [2.45, 2.75) is 29.8 Å². The molecule has 158 valence electrons. The van der Waals surface area contributed by atoms with Gasteiger partial charge in [-0.25, -0.2) is 13.4 Å². The van der Waals surface area contributed by atoms with E-state index in [2.05, 4.69) is 25.9 Å². The minimum atomic E-state index is -3.58. The van der Waals surface area contributed by atoms with Gasteiger partial charge in [0.1, 0.15) is 5.60 Å². The van der Waals surface area contributed by atoms with Gasteiger partial charge in [0, 0.05) is 30.2 Å². The first-order valence-electron chi connectivity index (χ1n) is 9.68. The van der Waals surface area contributed by atoms with E-state index < -0.39 is 15.4 Å². The summed E-state index contributed by atoms with van der Waals surface area (Å²) in [6.45, 7) is 0.736. The minimum Gasteiger partial charge on any atom is -0.383 e. The lowest BCUT2D eigenvalue weighted by molar-refractivity contribution is -0.135. The van der Waals surface area contributed by atoms with Crippen LogP contribution >= 0.6 is 15.9 Å². The Hall–Kier alpha value is -2.23. The summed E-state index contributed by atoms with van der Waals surface area (Å²) < 4.78 is 26.4. The smallest absolute Gasteiger partial charge is 0.223 e. The average Bonchev–Trinajstić information content (AvgIpc) is 3.28. The fourth-order valence-electron chi connectivity index (χ4n) is 3.78. The molecule has 1 saturated heterocycles. The molecule has 1 amide bonds. The number of carbonyl (C=O) groups is 1. The molecule has 2 N–H and O–H groups in total. The number of sulfone groups is 1. The van der Waals surface area contributed by atoms with Gasteiger partial charge in [-0.05, 0) is 47.9 Å². The monoisotopic (exact) mass is 491 g/mol. The Morgan fingerprint density at radius 2 is 1.87 bits per heavy atom. The molecule has 0 unspecified atom stereocenters. The Balaban J connectivity index is 1.38. The number of H-pyrrole nitrogens is 1. The highest BCUT2D eigenvalue weighted by atomic mass is 79.9. The molecular formula is C21H22BrN3O4S. The first-order chi connectivity index (χ1) is 14.3. The highest BCUT2D eigenvalue weighted by Gasteiger charge is 2.37. The highest BCUT2D eigenvalue weighted by Crippen LogP contribution is 2.31. The highest BCUT2D eigenvalue weighted by molar-refractivity contribution is 9.10. The van der Waals surface area contributed by atoms with Crippen molar-refractivity contribution >= 4 is 42.4 Å². The number of aliphatic hydroxyl groups is 1. The second-order valence-corrected chi connectivity index (χ2v) is 10.6. The summed E-state index contributed by atoms with van der Waals surface area (Å²) in [5.74, 6) is -0.457. The zero-order valence-corrected chi connectivity index (χ0v) is 18.6. The van der Waals surface area contributed by atoms with E-state index in [9.17, 15) is 18.3 Å². The number of nitrogens with one attached hydrogen (secondary N) is 1. The fourth-order valence-corrected chi connectivity index (χ4v) is 5.42. The van der Waals surface area contributed by atoms with Crippen molar-refractivity contribution in [2.75, 3.05) is 18.8 Å². The van der Waals surface area contributed by atoms with E-state index in [1.165, 1.54) is 6.33 Å². The lowest BCUT2D eigenvalue weighted by Gasteiger charge is -2.37. The number of hydrogen-bond acceptors (Lipinski definition) is 5. The normalized spacial score (nSPS) is 16.7. The van der Waals surface area contributed by atoms with Gasteiger partial charge >= 0.3 is 0 Å². The maximum absolute atomic E-state index is 12.8. The third-order valence-electron chi connectivity index (χ3n) is 5.64. The molecule has 0 atom stereocenters. The van der Waals surface area contributed by atoms with Crippen LogP contribution in [0.5, 0.6) is 0 Å². The molecular weight excluding hydrogens is 470 g/mol. The number of fused-ring (bicyclic) bond motifs is 1. The molecule has 0 radical (unpaired) electrons.